The Labute approximate surface area is 106 Å². The van der Waals surface area contributed by atoms with Crippen molar-refractivity contribution in [2.24, 2.45) is 5.73 Å². The van der Waals surface area contributed by atoms with Crippen LogP contribution in [-0.2, 0) is 0 Å². The molecule has 3 N–H and O–H groups in total. The van der Waals surface area contributed by atoms with Crippen LogP contribution in [-0.4, -0.2) is 51.1 Å². The molecule has 6 nitrogen and oxygen atoms in total. The van der Waals surface area contributed by atoms with Crippen molar-refractivity contribution in [1.29, 1.82) is 0 Å². The van der Waals surface area contributed by atoms with E-state index in [4.69, 9.17) is 5.73 Å². The molecule has 0 aromatic carbocycles. The molecule has 2 rings (SSSR count). The topological polar surface area (TPSA) is 92.3 Å². The van der Waals surface area contributed by atoms with Crippen LogP contribution in [0.4, 0.5) is 0 Å². The largest absolute Gasteiger partial charge is 0.391 e. The van der Waals surface area contributed by atoms with Crippen LogP contribution in [0.15, 0.2) is 6.33 Å². The van der Waals surface area contributed by atoms with Crippen molar-refractivity contribution in [3.8, 4) is 0 Å². The molecular formula is C12H18N4O2. The van der Waals surface area contributed by atoms with Crippen molar-refractivity contribution in [3.63, 3.8) is 0 Å². The molecule has 18 heavy (non-hydrogen) atoms. The van der Waals surface area contributed by atoms with Crippen LogP contribution in [0.3, 0.4) is 0 Å². The van der Waals surface area contributed by atoms with E-state index >= 15 is 0 Å². The molecule has 1 saturated heterocycles. The predicted molar refractivity (Wildman–Crippen MR) is 66.0 cm³/mol. The van der Waals surface area contributed by atoms with Crippen molar-refractivity contribution in [3.05, 3.63) is 23.3 Å². The molecule has 6 heteroatoms. The van der Waals surface area contributed by atoms with Crippen LogP contribution < -0.4 is 5.73 Å². The summed E-state index contributed by atoms with van der Waals surface area (Å²) in [5.74, 6) is -0.153. The number of piperidine rings is 1. The number of rotatable bonds is 1. The fourth-order valence-corrected chi connectivity index (χ4v) is 2.34. The number of nitrogens with two attached hydrogens (primary N) is 1. The molecule has 1 aliphatic heterocycles. The summed E-state index contributed by atoms with van der Waals surface area (Å²) in [5.41, 5.74) is 7.64. The van der Waals surface area contributed by atoms with Crippen LogP contribution in [0, 0.1) is 13.8 Å². The number of hydrogen-bond donors (Lipinski definition) is 2. The van der Waals surface area contributed by atoms with Gasteiger partial charge in [0.05, 0.1) is 23.1 Å². The minimum Gasteiger partial charge on any atom is -0.391 e. The predicted octanol–water partition coefficient (Wildman–Crippen LogP) is -0.372. The number of nitrogens with zero attached hydrogens (tertiary/aromatic N) is 3. The van der Waals surface area contributed by atoms with E-state index in [9.17, 15) is 9.90 Å². The first-order valence-electron chi connectivity index (χ1n) is 6.00. The lowest BCUT2D eigenvalue weighted by Crippen LogP contribution is -2.51. The lowest BCUT2D eigenvalue weighted by molar-refractivity contribution is 0.0421. The molecule has 98 valence electrons. The lowest BCUT2D eigenvalue weighted by atomic mass is 10.0. The summed E-state index contributed by atoms with van der Waals surface area (Å²) in [4.78, 5) is 22.1. The van der Waals surface area contributed by atoms with E-state index in [-0.39, 0.29) is 11.9 Å². The number of β-amino-alcohol motifs (C(OH)–C–C–N with tert-alkyl or cyclic N) is 1. The molecule has 1 aromatic heterocycles. The first kappa shape index (κ1) is 12.9. The number of aromatic nitrogens is 2. The van der Waals surface area contributed by atoms with Gasteiger partial charge in [0.25, 0.3) is 5.91 Å². The molecule has 1 fully saturated rings. The molecule has 0 saturated carbocycles. The Balaban J connectivity index is 2.26. The Bertz CT molecular complexity index is 433. The van der Waals surface area contributed by atoms with E-state index in [0.717, 1.165) is 0 Å². The highest BCUT2D eigenvalue weighted by molar-refractivity contribution is 5.96. The summed E-state index contributed by atoms with van der Waals surface area (Å²) in [6.45, 7) is 4.34. The maximum absolute atomic E-state index is 12.4. The van der Waals surface area contributed by atoms with Gasteiger partial charge in [0.15, 0.2) is 0 Å². The fourth-order valence-electron chi connectivity index (χ4n) is 2.34. The summed E-state index contributed by atoms with van der Waals surface area (Å²) in [6, 6.07) is -0.178. The third kappa shape index (κ3) is 2.49. The monoisotopic (exact) mass is 250 g/mol. The molecule has 2 atom stereocenters. The van der Waals surface area contributed by atoms with Crippen LogP contribution in [0.2, 0.25) is 0 Å². The molecule has 0 spiro atoms. The van der Waals surface area contributed by atoms with Crippen molar-refractivity contribution in [2.45, 2.75) is 32.4 Å². The highest BCUT2D eigenvalue weighted by atomic mass is 16.3. The van der Waals surface area contributed by atoms with Crippen LogP contribution in [0.25, 0.3) is 0 Å². The minimum absolute atomic E-state index is 0.153. The third-order valence-electron chi connectivity index (χ3n) is 3.19. The van der Waals surface area contributed by atoms with E-state index < -0.39 is 6.10 Å². The van der Waals surface area contributed by atoms with Gasteiger partial charge in [0.2, 0.25) is 0 Å². The average Bonchev–Trinajstić information content (AvgIpc) is 2.27. The van der Waals surface area contributed by atoms with Crippen LogP contribution in [0.5, 0.6) is 0 Å². The molecule has 0 aliphatic carbocycles. The van der Waals surface area contributed by atoms with Gasteiger partial charge in [-0.2, -0.15) is 0 Å². The van der Waals surface area contributed by atoms with Crippen molar-refractivity contribution >= 4 is 5.91 Å². The standard InChI is InChI=1S/C12H18N4O2/c1-7-11(8(2)15-6-14-7)12(18)16-4-9(13)3-10(17)5-16/h6,9-10,17H,3-5,13H2,1-2H3/t9-,10+/m0/s1. The van der Waals surface area contributed by atoms with E-state index in [1.165, 1.54) is 6.33 Å². The highest BCUT2D eigenvalue weighted by Crippen LogP contribution is 2.16. The number of aliphatic hydroxyl groups excluding tert-OH is 1. The van der Waals surface area contributed by atoms with Crippen molar-refractivity contribution in [2.75, 3.05) is 13.1 Å². The van der Waals surface area contributed by atoms with Crippen molar-refractivity contribution in [1.82, 2.24) is 14.9 Å². The van der Waals surface area contributed by atoms with Gasteiger partial charge in [-0.3, -0.25) is 4.79 Å². The van der Waals surface area contributed by atoms with Gasteiger partial charge in [-0.25, -0.2) is 9.97 Å². The summed E-state index contributed by atoms with van der Waals surface area (Å²) in [6.07, 6.45) is 1.42. The Hall–Kier alpha value is -1.53. The zero-order valence-electron chi connectivity index (χ0n) is 10.6. The van der Waals surface area contributed by atoms with Gasteiger partial charge >= 0.3 is 0 Å². The SMILES string of the molecule is Cc1ncnc(C)c1C(=O)N1C[C@@H](N)C[C@@H](O)C1. The zero-order valence-corrected chi connectivity index (χ0v) is 10.6. The molecule has 1 aliphatic rings. The number of aliphatic hydroxyl groups is 1. The molecule has 0 radical (unpaired) electrons. The van der Waals surface area contributed by atoms with Crippen LogP contribution >= 0.6 is 0 Å². The maximum atomic E-state index is 12.4. The number of amides is 1. The Morgan fingerprint density at radius 3 is 2.56 bits per heavy atom. The molecule has 0 bridgehead atoms. The molecule has 1 amide bonds. The number of hydrogen-bond acceptors (Lipinski definition) is 5. The van der Waals surface area contributed by atoms with Gasteiger partial charge in [-0.15, -0.1) is 0 Å². The van der Waals surface area contributed by atoms with E-state index in [2.05, 4.69) is 9.97 Å². The van der Waals surface area contributed by atoms with Gasteiger partial charge in [0, 0.05) is 19.1 Å². The van der Waals surface area contributed by atoms with Gasteiger partial charge in [-0.05, 0) is 20.3 Å². The fraction of sp³-hybridized carbons (Fsp3) is 0.583. The first-order valence-corrected chi connectivity index (χ1v) is 6.00. The first-order chi connectivity index (χ1) is 8.49. The Morgan fingerprint density at radius 2 is 2.00 bits per heavy atom. The smallest absolute Gasteiger partial charge is 0.257 e. The van der Waals surface area contributed by atoms with Gasteiger partial charge in [0.1, 0.15) is 6.33 Å². The van der Waals surface area contributed by atoms with Gasteiger partial charge < -0.3 is 15.7 Å². The third-order valence-corrected chi connectivity index (χ3v) is 3.19. The molecular weight excluding hydrogens is 232 g/mol. The molecule has 1 aromatic rings. The van der Waals surface area contributed by atoms with E-state index in [1.807, 2.05) is 0 Å². The highest BCUT2D eigenvalue weighted by Gasteiger charge is 2.29. The molecule has 2 heterocycles. The Kier molecular flexibility index (Phi) is 3.58. The van der Waals surface area contributed by atoms with E-state index in [0.29, 0.717) is 36.5 Å². The number of likely N-dealkylation sites (tertiary alicyclic amines) is 1. The number of carbonyl (C=O) groups excluding carboxylic acids is 1. The molecule has 0 unspecified atom stereocenters. The number of aryl methyl sites for hydroxylation is 2. The average molecular weight is 250 g/mol. The second-order valence-electron chi connectivity index (χ2n) is 4.78. The van der Waals surface area contributed by atoms with Crippen LogP contribution in [0.1, 0.15) is 28.2 Å². The summed E-state index contributed by atoms with van der Waals surface area (Å²) < 4.78 is 0. The summed E-state index contributed by atoms with van der Waals surface area (Å²) >= 11 is 0. The zero-order chi connectivity index (χ0) is 13.3. The summed E-state index contributed by atoms with van der Waals surface area (Å²) in [7, 11) is 0. The van der Waals surface area contributed by atoms with Crippen molar-refractivity contribution < 1.29 is 9.90 Å². The number of carbonyl (C=O) groups is 1. The quantitative estimate of drug-likeness (QED) is 0.709. The summed E-state index contributed by atoms with van der Waals surface area (Å²) in [5, 5.41) is 9.68. The minimum atomic E-state index is -0.553. The maximum Gasteiger partial charge on any atom is 0.257 e. The lowest BCUT2D eigenvalue weighted by Gasteiger charge is -2.34. The second-order valence-corrected chi connectivity index (χ2v) is 4.78. The second kappa shape index (κ2) is 4.99. The Morgan fingerprint density at radius 1 is 1.39 bits per heavy atom. The van der Waals surface area contributed by atoms with Gasteiger partial charge in [-0.1, -0.05) is 0 Å². The normalized spacial score (nSPS) is 24.1. The van der Waals surface area contributed by atoms with E-state index in [1.54, 1.807) is 18.7 Å².